The van der Waals surface area contributed by atoms with Gasteiger partial charge in [-0.25, -0.2) is 4.98 Å². The Morgan fingerprint density at radius 3 is 2.63 bits per heavy atom. The summed E-state index contributed by atoms with van der Waals surface area (Å²) in [6.45, 7) is 7.40. The van der Waals surface area contributed by atoms with Crippen molar-refractivity contribution in [1.82, 2.24) is 14.5 Å². The number of benzene rings is 2. The molecule has 0 aliphatic heterocycles. The molecule has 0 amide bonds. The fraction of sp³-hybridized carbons (Fsp3) is 0.296. The van der Waals surface area contributed by atoms with Crippen LogP contribution in [0.3, 0.4) is 0 Å². The minimum atomic E-state index is 0.251. The van der Waals surface area contributed by atoms with Crippen molar-refractivity contribution < 1.29 is 0 Å². The molecule has 3 heteroatoms. The first-order chi connectivity index (χ1) is 14.5. The van der Waals surface area contributed by atoms with Crippen LogP contribution in [0.15, 0.2) is 60.9 Å². The molecule has 3 nitrogen and oxygen atoms in total. The molecule has 0 radical (unpaired) electrons. The van der Waals surface area contributed by atoms with Crippen molar-refractivity contribution >= 4 is 32.7 Å². The highest BCUT2D eigenvalue weighted by atomic mass is 15.1. The highest BCUT2D eigenvalue weighted by Gasteiger charge is 2.60. The van der Waals surface area contributed by atoms with Crippen LogP contribution < -0.4 is 0 Å². The van der Waals surface area contributed by atoms with Crippen LogP contribution >= 0.6 is 0 Å². The predicted molar refractivity (Wildman–Crippen MR) is 124 cm³/mol. The number of rotatable bonds is 1. The zero-order chi connectivity index (χ0) is 20.3. The number of pyridine rings is 1. The van der Waals surface area contributed by atoms with E-state index in [1.54, 1.807) is 0 Å². The van der Waals surface area contributed by atoms with Gasteiger partial charge in [0.25, 0.3) is 0 Å². The highest BCUT2D eigenvalue weighted by Crippen LogP contribution is 2.68. The minimum absolute atomic E-state index is 0.251. The zero-order valence-electron chi connectivity index (χ0n) is 17.7. The number of nitrogens with one attached hydrogen (secondary N) is 1. The summed E-state index contributed by atoms with van der Waals surface area (Å²) in [5.41, 5.74) is 5.86. The molecular weight excluding hydrogens is 366 g/mol. The van der Waals surface area contributed by atoms with E-state index in [0.29, 0.717) is 11.3 Å². The molecule has 2 aromatic carbocycles. The average molecular weight is 392 g/mol. The van der Waals surface area contributed by atoms with Crippen LogP contribution in [0.5, 0.6) is 0 Å². The van der Waals surface area contributed by atoms with Crippen LogP contribution in [0.4, 0.5) is 0 Å². The SMILES string of the molecule is CC12CCC(c3c1c[nH]c3-n1c3ccccc3c3c4ccccc4cnc31)C2(C)C. The standard InChI is InChI=1S/C27H25N3/c1-26(2)19-12-13-27(26,3)20-15-29-25(23(19)20)30-21-11-7-6-10-18(21)22-17-9-5-4-8-16(17)14-28-24(22)30/h4-11,14-15,19,29H,12-13H2,1-3H3. The van der Waals surface area contributed by atoms with Crippen LogP contribution in [0.1, 0.15) is 50.7 Å². The van der Waals surface area contributed by atoms with Crippen molar-refractivity contribution in [1.29, 1.82) is 0 Å². The van der Waals surface area contributed by atoms with E-state index < -0.39 is 0 Å². The fourth-order valence-electron chi connectivity index (χ4n) is 6.71. The van der Waals surface area contributed by atoms with Crippen LogP contribution in [-0.4, -0.2) is 14.5 Å². The summed E-state index contributed by atoms with van der Waals surface area (Å²) in [6.07, 6.45) is 6.86. The topological polar surface area (TPSA) is 33.6 Å². The first-order valence-corrected chi connectivity index (χ1v) is 11.0. The van der Waals surface area contributed by atoms with Gasteiger partial charge in [-0.15, -0.1) is 0 Å². The van der Waals surface area contributed by atoms with Crippen LogP contribution in [0.25, 0.3) is 38.5 Å². The maximum atomic E-state index is 4.99. The van der Waals surface area contributed by atoms with Gasteiger partial charge < -0.3 is 4.98 Å². The van der Waals surface area contributed by atoms with Crippen LogP contribution in [0.2, 0.25) is 0 Å². The number of aromatic nitrogens is 3. The molecule has 3 aromatic heterocycles. The number of H-pyrrole nitrogens is 1. The molecule has 30 heavy (non-hydrogen) atoms. The zero-order valence-corrected chi connectivity index (χ0v) is 17.7. The first-order valence-electron chi connectivity index (χ1n) is 11.0. The van der Waals surface area contributed by atoms with Gasteiger partial charge in [-0.1, -0.05) is 63.2 Å². The van der Waals surface area contributed by atoms with Crippen molar-refractivity contribution in [2.75, 3.05) is 0 Å². The molecule has 1 N–H and O–H groups in total. The molecule has 1 fully saturated rings. The van der Waals surface area contributed by atoms with Crippen molar-refractivity contribution in [3.05, 3.63) is 72.1 Å². The molecule has 1 saturated carbocycles. The predicted octanol–water partition coefficient (Wildman–Crippen LogP) is 6.83. The summed E-state index contributed by atoms with van der Waals surface area (Å²) in [5, 5.41) is 4.99. The highest BCUT2D eigenvalue weighted by molar-refractivity contribution is 6.19. The van der Waals surface area contributed by atoms with Gasteiger partial charge in [-0.3, -0.25) is 4.57 Å². The third-order valence-corrected chi connectivity index (χ3v) is 8.70. The van der Waals surface area contributed by atoms with E-state index in [4.69, 9.17) is 4.98 Å². The molecule has 2 aliphatic rings. The second-order valence-corrected chi connectivity index (χ2v) is 10.0. The van der Waals surface area contributed by atoms with Crippen molar-refractivity contribution in [2.24, 2.45) is 5.41 Å². The lowest BCUT2D eigenvalue weighted by atomic mass is 9.69. The lowest BCUT2D eigenvalue weighted by molar-refractivity contribution is 0.230. The lowest BCUT2D eigenvalue weighted by Crippen LogP contribution is -2.31. The van der Waals surface area contributed by atoms with Crippen LogP contribution in [-0.2, 0) is 5.41 Å². The van der Waals surface area contributed by atoms with E-state index >= 15 is 0 Å². The van der Waals surface area contributed by atoms with Gasteiger partial charge >= 0.3 is 0 Å². The molecule has 2 atom stereocenters. The Bertz CT molecular complexity index is 1500. The number of hydrogen-bond donors (Lipinski definition) is 1. The average Bonchev–Trinajstić information content (AvgIpc) is 3.43. The van der Waals surface area contributed by atoms with Gasteiger partial charge in [0.2, 0.25) is 0 Å². The molecule has 5 aromatic rings. The van der Waals surface area contributed by atoms with E-state index in [2.05, 4.69) is 85.1 Å². The van der Waals surface area contributed by atoms with E-state index in [0.717, 1.165) is 5.65 Å². The van der Waals surface area contributed by atoms with Gasteiger partial charge in [0.15, 0.2) is 0 Å². The summed E-state index contributed by atoms with van der Waals surface area (Å²) in [4.78, 5) is 8.68. The molecule has 0 spiro atoms. The minimum Gasteiger partial charge on any atom is -0.347 e. The molecule has 0 saturated heterocycles. The van der Waals surface area contributed by atoms with Crippen LogP contribution in [0, 0.1) is 5.41 Å². The van der Waals surface area contributed by atoms with E-state index in [1.807, 2.05) is 6.20 Å². The lowest BCUT2D eigenvalue weighted by Gasteiger charge is -2.35. The molecule has 148 valence electrons. The Kier molecular flexibility index (Phi) is 2.87. The second-order valence-electron chi connectivity index (χ2n) is 10.0. The third kappa shape index (κ3) is 1.69. The smallest absolute Gasteiger partial charge is 0.147 e. The number of para-hydroxylation sites is 1. The van der Waals surface area contributed by atoms with Gasteiger partial charge in [0, 0.05) is 39.5 Å². The Hall–Kier alpha value is -3.07. The third-order valence-electron chi connectivity index (χ3n) is 8.70. The summed E-state index contributed by atoms with van der Waals surface area (Å²) < 4.78 is 2.38. The van der Waals surface area contributed by atoms with Gasteiger partial charge in [0.05, 0.1) is 5.52 Å². The van der Waals surface area contributed by atoms with Gasteiger partial charge in [0.1, 0.15) is 11.5 Å². The molecule has 2 aliphatic carbocycles. The van der Waals surface area contributed by atoms with E-state index in [-0.39, 0.29) is 5.41 Å². The monoisotopic (exact) mass is 391 g/mol. The Morgan fingerprint density at radius 2 is 1.77 bits per heavy atom. The van der Waals surface area contributed by atoms with Crippen molar-refractivity contribution in [2.45, 2.75) is 44.9 Å². The van der Waals surface area contributed by atoms with Gasteiger partial charge in [-0.05, 0) is 41.2 Å². The van der Waals surface area contributed by atoms with Crippen molar-refractivity contribution in [3.8, 4) is 5.82 Å². The number of aromatic amines is 1. The summed E-state index contributed by atoms with van der Waals surface area (Å²) in [6, 6.07) is 17.3. The van der Waals surface area contributed by atoms with E-state index in [9.17, 15) is 0 Å². The molecular formula is C27H25N3. The summed E-state index contributed by atoms with van der Waals surface area (Å²) >= 11 is 0. The first kappa shape index (κ1) is 16.7. The maximum absolute atomic E-state index is 4.99. The quantitative estimate of drug-likeness (QED) is 0.334. The molecule has 3 heterocycles. The fourth-order valence-corrected chi connectivity index (χ4v) is 6.71. The number of fused-ring (bicyclic) bond motifs is 10. The molecule has 7 rings (SSSR count). The maximum Gasteiger partial charge on any atom is 0.147 e. The number of hydrogen-bond acceptors (Lipinski definition) is 1. The summed E-state index contributed by atoms with van der Waals surface area (Å²) in [5.74, 6) is 1.82. The second kappa shape index (κ2) is 5.15. The molecule has 2 bridgehead atoms. The normalized spacial score (nSPS) is 24.3. The summed E-state index contributed by atoms with van der Waals surface area (Å²) in [7, 11) is 0. The molecule has 2 unspecified atom stereocenters. The van der Waals surface area contributed by atoms with Crippen molar-refractivity contribution in [3.63, 3.8) is 0 Å². The number of nitrogens with zero attached hydrogens (tertiary/aromatic N) is 2. The van der Waals surface area contributed by atoms with E-state index in [1.165, 1.54) is 56.8 Å². The van der Waals surface area contributed by atoms with Gasteiger partial charge in [-0.2, -0.15) is 0 Å². The Labute approximate surface area is 175 Å². The Morgan fingerprint density at radius 1 is 1.00 bits per heavy atom. The Balaban J connectivity index is 1.63. The largest absolute Gasteiger partial charge is 0.347 e.